The van der Waals surface area contributed by atoms with E-state index in [9.17, 15) is 0 Å². The van der Waals surface area contributed by atoms with Crippen molar-refractivity contribution in [3.8, 4) is 0 Å². The van der Waals surface area contributed by atoms with Crippen molar-refractivity contribution in [1.82, 2.24) is 4.98 Å². The number of benzene rings is 2. The summed E-state index contributed by atoms with van der Waals surface area (Å²) < 4.78 is 0. The minimum absolute atomic E-state index is 0.764. The summed E-state index contributed by atoms with van der Waals surface area (Å²) in [4.78, 5) is 7.28. The van der Waals surface area contributed by atoms with Gasteiger partial charge in [-0.3, -0.25) is 4.98 Å². The predicted molar refractivity (Wildman–Crippen MR) is 86.1 cm³/mol. The van der Waals surface area contributed by atoms with Crippen LogP contribution in [0.4, 0.5) is 5.69 Å². The van der Waals surface area contributed by atoms with Gasteiger partial charge in [-0.15, -0.1) is 0 Å². The molecule has 3 heteroatoms. The van der Waals surface area contributed by atoms with Gasteiger partial charge in [0.05, 0.1) is 12.2 Å². The quantitative estimate of drug-likeness (QED) is 0.660. The van der Waals surface area contributed by atoms with Gasteiger partial charge in [0, 0.05) is 23.3 Å². The highest BCUT2D eigenvalue weighted by Crippen LogP contribution is 2.38. The largest absolute Gasteiger partial charge is 0.327 e. The molecule has 3 aromatic rings. The predicted octanol–water partition coefficient (Wildman–Crippen LogP) is 3.93. The smallest absolute Gasteiger partial charge is 0.114 e. The van der Waals surface area contributed by atoms with Crippen LogP contribution in [0.15, 0.2) is 60.9 Å². The molecule has 0 fully saturated rings. The molecule has 0 atom stereocenters. The van der Waals surface area contributed by atoms with E-state index in [1.54, 1.807) is 6.20 Å². The van der Waals surface area contributed by atoms with E-state index in [1.165, 1.54) is 22.0 Å². The third kappa shape index (κ3) is 1.63. The van der Waals surface area contributed by atoms with Crippen LogP contribution in [0.1, 0.15) is 11.1 Å². The number of hydrogen-bond donors (Lipinski definition) is 0. The maximum atomic E-state index is 5.66. The van der Waals surface area contributed by atoms with Gasteiger partial charge in [-0.2, -0.15) is 0 Å². The van der Waals surface area contributed by atoms with Gasteiger partial charge in [-0.1, -0.05) is 48.6 Å². The molecule has 1 aliphatic rings. The van der Waals surface area contributed by atoms with Crippen molar-refractivity contribution in [2.24, 2.45) is 0 Å². The molecule has 2 aromatic carbocycles. The Morgan fingerprint density at radius 1 is 1.00 bits per heavy atom. The molecule has 4 rings (SSSR count). The van der Waals surface area contributed by atoms with Gasteiger partial charge in [0.2, 0.25) is 0 Å². The zero-order chi connectivity index (χ0) is 13.5. The minimum atomic E-state index is 0.764. The van der Waals surface area contributed by atoms with E-state index < -0.39 is 0 Å². The van der Waals surface area contributed by atoms with Crippen molar-refractivity contribution in [2.75, 3.05) is 4.90 Å². The average molecular weight is 276 g/mol. The Balaban J connectivity index is 1.85. The molecule has 0 N–H and O–H groups in total. The molecule has 0 unspecified atom stereocenters. The maximum absolute atomic E-state index is 5.66. The van der Waals surface area contributed by atoms with Gasteiger partial charge in [0.25, 0.3) is 0 Å². The molecule has 1 aliphatic heterocycles. The van der Waals surface area contributed by atoms with E-state index in [-0.39, 0.29) is 0 Å². The fraction of sp³-hybridized carbons (Fsp3) is 0.0588. The van der Waals surface area contributed by atoms with Gasteiger partial charge in [-0.05, 0) is 23.1 Å². The van der Waals surface area contributed by atoms with Gasteiger partial charge >= 0.3 is 0 Å². The van der Waals surface area contributed by atoms with Crippen molar-refractivity contribution >= 4 is 33.7 Å². The summed E-state index contributed by atoms with van der Waals surface area (Å²) in [5, 5.41) is 2.51. The van der Waals surface area contributed by atoms with Crippen molar-refractivity contribution in [3.63, 3.8) is 0 Å². The molecular formula is C17H12N2S. The Hall–Kier alpha value is -2.26. The zero-order valence-electron chi connectivity index (χ0n) is 10.8. The normalized spacial score (nSPS) is 13.2. The van der Waals surface area contributed by atoms with Gasteiger partial charge in [0.1, 0.15) is 4.99 Å². The first kappa shape index (κ1) is 11.6. The summed E-state index contributed by atoms with van der Waals surface area (Å²) in [6.45, 7) is 0.764. The van der Waals surface area contributed by atoms with Crippen molar-refractivity contribution in [3.05, 3.63) is 72.1 Å². The van der Waals surface area contributed by atoms with Crippen molar-refractivity contribution in [1.29, 1.82) is 0 Å². The molecule has 96 valence electrons. The van der Waals surface area contributed by atoms with Crippen LogP contribution in [0.25, 0.3) is 10.8 Å². The van der Waals surface area contributed by atoms with Crippen LogP contribution in [-0.2, 0) is 6.54 Å². The summed E-state index contributed by atoms with van der Waals surface area (Å²) in [6, 6.07) is 16.7. The first-order valence-electron chi connectivity index (χ1n) is 6.57. The minimum Gasteiger partial charge on any atom is -0.327 e. The van der Waals surface area contributed by atoms with E-state index >= 15 is 0 Å². The molecule has 2 heterocycles. The molecule has 20 heavy (non-hydrogen) atoms. The molecule has 0 saturated carbocycles. The van der Waals surface area contributed by atoms with Crippen LogP contribution in [0.5, 0.6) is 0 Å². The molecule has 0 saturated heterocycles. The third-order valence-corrected chi connectivity index (χ3v) is 4.15. The monoisotopic (exact) mass is 276 g/mol. The SMILES string of the molecule is S=C1c2cccc3cccc(c23)N1Cc1cccnc1. The van der Waals surface area contributed by atoms with Gasteiger partial charge in [0.15, 0.2) is 0 Å². The molecule has 2 nitrogen and oxygen atoms in total. The second-order valence-electron chi connectivity index (χ2n) is 4.93. The van der Waals surface area contributed by atoms with E-state index in [4.69, 9.17) is 12.2 Å². The van der Waals surface area contributed by atoms with E-state index in [2.05, 4.69) is 52.3 Å². The lowest BCUT2D eigenvalue weighted by Crippen LogP contribution is -2.25. The van der Waals surface area contributed by atoms with E-state index in [0.717, 1.165) is 17.1 Å². The first-order valence-corrected chi connectivity index (χ1v) is 6.98. The second-order valence-corrected chi connectivity index (χ2v) is 5.32. The molecule has 0 bridgehead atoms. The topological polar surface area (TPSA) is 16.1 Å². The number of anilines is 1. The lowest BCUT2D eigenvalue weighted by Gasteiger charge is -2.19. The van der Waals surface area contributed by atoms with Crippen LogP contribution in [0.3, 0.4) is 0 Å². The van der Waals surface area contributed by atoms with E-state index in [0.29, 0.717) is 0 Å². The molecular weight excluding hydrogens is 264 g/mol. The Morgan fingerprint density at radius 2 is 1.85 bits per heavy atom. The zero-order valence-corrected chi connectivity index (χ0v) is 11.6. The number of nitrogens with zero attached hydrogens (tertiary/aromatic N) is 2. The highest BCUT2D eigenvalue weighted by atomic mass is 32.1. The Labute approximate surface area is 122 Å². The van der Waals surface area contributed by atoms with Crippen LogP contribution in [0.2, 0.25) is 0 Å². The first-order chi connectivity index (χ1) is 9.84. The number of aromatic nitrogens is 1. The van der Waals surface area contributed by atoms with E-state index in [1.807, 2.05) is 12.3 Å². The summed E-state index contributed by atoms with van der Waals surface area (Å²) in [5.41, 5.74) is 3.53. The fourth-order valence-electron chi connectivity index (χ4n) is 2.81. The Morgan fingerprint density at radius 3 is 2.65 bits per heavy atom. The summed E-state index contributed by atoms with van der Waals surface area (Å²) in [5.74, 6) is 0. The fourth-order valence-corrected chi connectivity index (χ4v) is 3.14. The molecule has 0 spiro atoms. The number of pyridine rings is 1. The average Bonchev–Trinajstić information content (AvgIpc) is 2.77. The third-order valence-electron chi connectivity index (χ3n) is 3.71. The second kappa shape index (κ2) is 4.39. The van der Waals surface area contributed by atoms with Crippen LogP contribution < -0.4 is 4.90 Å². The summed E-state index contributed by atoms with van der Waals surface area (Å²) >= 11 is 5.66. The van der Waals surface area contributed by atoms with Crippen molar-refractivity contribution < 1.29 is 0 Å². The molecule has 0 radical (unpaired) electrons. The number of hydrogen-bond acceptors (Lipinski definition) is 2. The molecule has 0 aliphatic carbocycles. The maximum Gasteiger partial charge on any atom is 0.114 e. The van der Waals surface area contributed by atoms with Crippen molar-refractivity contribution in [2.45, 2.75) is 6.54 Å². The molecule has 0 amide bonds. The number of thiocarbonyl (C=S) groups is 1. The standard InChI is InChI=1S/C17H12N2S/c20-17-14-7-1-5-13-6-2-8-15(16(13)14)19(17)11-12-4-3-9-18-10-12/h1-10H,11H2. The van der Waals surface area contributed by atoms with Gasteiger partial charge < -0.3 is 4.90 Å². The molecule has 1 aromatic heterocycles. The summed E-state index contributed by atoms with van der Waals surface area (Å²) in [6.07, 6.45) is 3.69. The number of rotatable bonds is 2. The van der Waals surface area contributed by atoms with Crippen LogP contribution in [-0.4, -0.2) is 9.97 Å². The van der Waals surface area contributed by atoms with Crippen LogP contribution in [0, 0.1) is 0 Å². The Bertz CT molecular complexity index is 806. The lowest BCUT2D eigenvalue weighted by atomic mass is 10.1. The lowest BCUT2D eigenvalue weighted by molar-refractivity contribution is 1.01. The van der Waals surface area contributed by atoms with Gasteiger partial charge in [-0.25, -0.2) is 0 Å². The van der Waals surface area contributed by atoms with Crippen LogP contribution >= 0.6 is 12.2 Å². The highest BCUT2D eigenvalue weighted by molar-refractivity contribution is 7.81. The highest BCUT2D eigenvalue weighted by Gasteiger charge is 2.26. The summed E-state index contributed by atoms with van der Waals surface area (Å²) in [7, 11) is 0. The Kier molecular flexibility index (Phi) is 2.54.